The molecule has 5 nitrogen and oxygen atoms in total. The van der Waals surface area contributed by atoms with Gasteiger partial charge in [-0.15, -0.1) is 11.3 Å². The smallest absolute Gasteiger partial charge is 0.371 e. The number of carboxylic acids is 1. The van der Waals surface area contributed by atoms with Crippen molar-refractivity contribution in [3.63, 3.8) is 0 Å². The van der Waals surface area contributed by atoms with E-state index in [-0.39, 0.29) is 18.2 Å². The first-order valence-electron chi connectivity index (χ1n) is 5.26. The van der Waals surface area contributed by atoms with Crippen LogP contribution >= 0.6 is 11.3 Å². The highest BCUT2D eigenvalue weighted by Gasteiger charge is 2.10. The van der Waals surface area contributed by atoms with Crippen LogP contribution in [0.5, 0.6) is 0 Å². The summed E-state index contributed by atoms with van der Waals surface area (Å²) in [5.41, 5.74) is 0. The molecule has 0 aliphatic rings. The van der Waals surface area contributed by atoms with Gasteiger partial charge < -0.3 is 14.8 Å². The molecule has 0 unspecified atom stereocenters. The largest absolute Gasteiger partial charge is 0.475 e. The summed E-state index contributed by atoms with van der Waals surface area (Å²) < 4.78 is 5.02. The van der Waals surface area contributed by atoms with Gasteiger partial charge in [-0.05, 0) is 23.6 Å². The van der Waals surface area contributed by atoms with Crippen LogP contribution in [0.25, 0.3) is 0 Å². The highest BCUT2D eigenvalue weighted by Crippen LogP contribution is 2.10. The lowest BCUT2D eigenvalue weighted by Crippen LogP contribution is -2.23. The van der Waals surface area contributed by atoms with Gasteiger partial charge in [-0.25, -0.2) is 4.79 Å². The quantitative estimate of drug-likeness (QED) is 0.865. The van der Waals surface area contributed by atoms with E-state index in [1.807, 2.05) is 17.5 Å². The number of aromatic carboxylic acids is 1. The zero-order valence-corrected chi connectivity index (χ0v) is 10.2. The van der Waals surface area contributed by atoms with Gasteiger partial charge in [0.15, 0.2) is 0 Å². The molecule has 0 saturated heterocycles. The van der Waals surface area contributed by atoms with Crippen molar-refractivity contribution in [1.29, 1.82) is 0 Å². The topological polar surface area (TPSA) is 79.5 Å². The zero-order chi connectivity index (χ0) is 13.0. The van der Waals surface area contributed by atoms with Crippen LogP contribution in [-0.2, 0) is 17.8 Å². The molecule has 18 heavy (non-hydrogen) atoms. The summed E-state index contributed by atoms with van der Waals surface area (Å²) in [4.78, 5) is 23.1. The van der Waals surface area contributed by atoms with E-state index in [1.165, 1.54) is 23.5 Å². The van der Waals surface area contributed by atoms with Gasteiger partial charge in [0.25, 0.3) is 0 Å². The van der Waals surface area contributed by atoms with E-state index in [2.05, 4.69) is 5.32 Å². The van der Waals surface area contributed by atoms with Crippen molar-refractivity contribution in [2.24, 2.45) is 0 Å². The van der Waals surface area contributed by atoms with Crippen LogP contribution in [0.4, 0.5) is 0 Å². The number of carboxylic acid groups (broad SMARTS) is 1. The fraction of sp³-hybridized carbons (Fsp3) is 0.167. The van der Waals surface area contributed by atoms with Gasteiger partial charge in [0, 0.05) is 4.88 Å². The summed E-state index contributed by atoms with van der Waals surface area (Å²) >= 11 is 1.52. The number of hydrogen-bond acceptors (Lipinski definition) is 4. The van der Waals surface area contributed by atoms with Crippen molar-refractivity contribution in [3.05, 3.63) is 46.0 Å². The Morgan fingerprint density at radius 1 is 1.33 bits per heavy atom. The third-order valence-corrected chi connectivity index (χ3v) is 3.12. The molecule has 0 aromatic carbocycles. The lowest BCUT2D eigenvalue weighted by molar-refractivity contribution is -0.120. The molecule has 2 rings (SSSR count). The molecule has 94 valence electrons. The molecule has 2 aromatic rings. The Balaban J connectivity index is 1.83. The van der Waals surface area contributed by atoms with E-state index >= 15 is 0 Å². The molecule has 0 saturated carbocycles. The van der Waals surface area contributed by atoms with Crippen LogP contribution in [0.2, 0.25) is 0 Å². The van der Waals surface area contributed by atoms with Crippen molar-refractivity contribution >= 4 is 23.2 Å². The highest BCUT2D eigenvalue weighted by molar-refractivity contribution is 7.10. The monoisotopic (exact) mass is 265 g/mol. The molecule has 0 bridgehead atoms. The van der Waals surface area contributed by atoms with Gasteiger partial charge in [-0.2, -0.15) is 0 Å². The fourth-order valence-corrected chi connectivity index (χ4v) is 2.11. The van der Waals surface area contributed by atoms with E-state index in [4.69, 9.17) is 9.52 Å². The van der Waals surface area contributed by atoms with E-state index in [9.17, 15) is 9.59 Å². The summed E-state index contributed by atoms with van der Waals surface area (Å²) in [7, 11) is 0. The number of nitrogens with one attached hydrogen (secondary N) is 1. The molecule has 6 heteroatoms. The molecular weight excluding hydrogens is 254 g/mol. The van der Waals surface area contributed by atoms with E-state index in [0.717, 1.165) is 4.88 Å². The number of amides is 1. The molecule has 0 fully saturated rings. The van der Waals surface area contributed by atoms with Crippen LogP contribution in [-0.4, -0.2) is 17.0 Å². The van der Waals surface area contributed by atoms with Gasteiger partial charge in [-0.1, -0.05) is 6.07 Å². The molecular formula is C12H11NO4S. The van der Waals surface area contributed by atoms with Gasteiger partial charge in [0.2, 0.25) is 11.7 Å². The lowest BCUT2D eigenvalue weighted by Gasteiger charge is -2.01. The van der Waals surface area contributed by atoms with Crippen molar-refractivity contribution in [1.82, 2.24) is 5.32 Å². The zero-order valence-electron chi connectivity index (χ0n) is 9.38. The second-order valence-electron chi connectivity index (χ2n) is 3.60. The van der Waals surface area contributed by atoms with Crippen LogP contribution in [0.1, 0.15) is 21.2 Å². The number of furan rings is 1. The Morgan fingerprint density at radius 2 is 2.17 bits per heavy atom. The molecule has 2 N–H and O–H groups in total. The average molecular weight is 265 g/mol. The summed E-state index contributed by atoms with van der Waals surface area (Å²) in [5.74, 6) is -0.943. The normalized spacial score (nSPS) is 10.2. The van der Waals surface area contributed by atoms with Gasteiger partial charge in [0.05, 0.1) is 13.0 Å². The number of rotatable bonds is 5. The minimum atomic E-state index is -1.12. The highest BCUT2D eigenvalue weighted by atomic mass is 32.1. The summed E-state index contributed by atoms with van der Waals surface area (Å²) in [5, 5.41) is 13.2. The first kappa shape index (κ1) is 12.4. The maximum atomic E-state index is 11.6. The van der Waals surface area contributed by atoms with Crippen LogP contribution in [0, 0.1) is 0 Å². The Hall–Kier alpha value is -2.08. The molecule has 0 aliphatic carbocycles. The van der Waals surface area contributed by atoms with Gasteiger partial charge in [-0.3, -0.25) is 4.79 Å². The predicted molar refractivity (Wildman–Crippen MR) is 65.5 cm³/mol. The van der Waals surface area contributed by atoms with Crippen LogP contribution in [0.3, 0.4) is 0 Å². The summed E-state index contributed by atoms with van der Waals surface area (Å²) in [6.07, 6.45) is 0.324. The SMILES string of the molecule is O=C(Cc1cccs1)NCc1ccc(C(=O)O)o1. The van der Waals surface area contributed by atoms with Crippen LogP contribution < -0.4 is 5.32 Å². The molecule has 0 spiro atoms. The molecule has 2 heterocycles. The van der Waals surface area contributed by atoms with Crippen molar-refractivity contribution in [2.45, 2.75) is 13.0 Å². The first-order chi connectivity index (χ1) is 8.65. The Labute approximate surface area is 107 Å². The third-order valence-electron chi connectivity index (χ3n) is 2.25. The number of hydrogen-bond donors (Lipinski definition) is 2. The third kappa shape index (κ3) is 3.21. The molecule has 2 aromatic heterocycles. The molecule has 0 aliphatic heterocycles. The van der Waals surface area contributed by atoms with Gasteiger partial charge in [0.1, 0.15) is 5.76 Å². The summed E-state index contributed by atoms with van der Waals surface area (Å²) in [6.45, 7) is 0.192. The predicted octanol–water partition coefficient (Wildman–Crippen LogP) is 1.90. The maximum absolute atomic E-state index is 11.6. The van der Waals surface area contributed by atoms with E-state index in [1.54, 1.807) is 0 Å². The first-order valence-corrected chi connectivity index (χ1v) is 6.14. The Bertz CT molecular complexity index is 544. The van der Waals surface area contributed by atoms with Crippen molar-refractivity contribution in [3.8, 4) is 0 Å². The van der Waals surface area contributed by atoms with Crippen molar-refractivity contribution < 1.29 is 19.1 Å². The second kappa shape index (κ2) is 5.50. The average Bonchev–Trinajstić information content (AvgIpc) is 2.96. The number of thiophene rings is 1. The fourth-order valence-electron chi connectivity index (χ4n) is 1.41. The number of carbonyl (C=O) groups is 2. The van der Waals surface area contributed by atoms with Crippen molar-refractivity contribution in [2.75, 3.05) is 0 Å². The Morgan fingerprint density at radius 3 is 2.78 bits per heavy atom. The minimum absolute atomic E-state index is 0.120. The van der Waals surface area contributed by atoms with Gasteiger partial charge >= 0.3 is 5.97 Å². The van der Waals surface area contributed by atoms with E-state index in [0.29, 0.717) is 12.2 Å². The lowest BCUT2D eigenvalue weighted by atomic mass is 10.3. The minimum Gasteiger partial charge on any atom is -0.475 e. The standard InChI is InChI=1S/C12H11NO4S/c14-11(6-9-2-1-5-18-9)13-7-8-3-4-10(17-8)12(15)16/h1-5H,6-7H2,(H,13,14)(H,15,16). The number of carbonyl (C=O) groups excluding carboxylic acids is 1. The van der Waals surface area contributed by atoms with E-state index < -0.39 is 5.97 Å². The summed E-state index contributed by atoms with van der Waals surface area (Å²) in [6, 6.07) is 6.68. The molecule has 0 radical (unpaired) electrons. The molecule has 0 atom stereocenters. The van der Waals surface area contributed by atoms with Crippen LogP contribution in [0.15, 0.2) is 34.1 Å². The Kier molecular flexibility index (Phi) is 3.78. The maximum Gasteiger partial charge on any atom is 0.371 e. The second-order valence-corrected chi connectivity index (χ2v) is 4.64. The molecule has 1 amide bonds.